The molecule has 11 heteroatoms. The molecule has 1 aromatic heterocycles. The van der Waals surface area contributed by atoms with Crippen molar-refractivity contribution >= 4 is 35.2 Å². The van der Waals surface area contributed by atoms with Crippen LogP contribution < -0.4 is 16.0 Å². The van der Waals surface area contributed by atoms with E-state index in [2.05, 4.69) is 20.2 Å². The van der Waals surface area contributed by atoms with Crippen LogP contribution in [0.25, 0.3) is 0 Å². The van der Waals surface area contributed by atoms with Gasteiger partial charge in [0.05, 0.1) is 17.8 Å². The molecule has 0 radical (unpaired) electrons. The molecule has 0 bridgehead atoms. The number of benzene rings is 1. The summed E-state index contributed by atoms with van der Waals surface area (Å²) in [5, 5.41) is 12.1. The second-order valence-electron chi connectivity index (χ2n) is 7.94. The molecule has 3 heterocycles. The zero-order chi connectivity index (χ0) is 22.8. The van der Waals surface area contributed by atoms with Crippen LogP contribution in [0.3, 0.4) is 0 Å². The number of primary amides is 1. The molecule has 3 amide bonds. The van der Waals surface area contributed by atoms with E-state index in [0.717, 1.165) is 25.9 Å². The Labute approximate surface area is 184 Å². The second kappa shape index (κ2) is 8.69. The fourth-order valence-electron chi connectivity index (χ4n) is 4.06. The number of amides is 3. The predicted molar refractivity (Wildman–Crippen MR) is 117 cm³/mol. The molecule has 1 aromatic carbocycles. The van der Waals surface area contributed by atoms with Crippen molar-refractivity contribution in [2.75, 3.05) is 43.4 Å². The lowest BCUT2D eigenvalue weighted by atomic mass is 10.0. The molecular formula is C21H25N7O4. The molecule has 2 aliphatic rings. The molecule has 2 fully saturated rings. The van der Waals surface area contributed by atoms with E-state index >= 15 is 0 Å². The van der Waals surface area contributed by atoms with Crippen molar-refractivity contribution < 1.29 is 19.5 Å². The van der Waals surface area contributed by atoms with E-state index in [4.69, 9.17) is 10.8 Å². The van der Waals surface area contributed by atoms with Gasteiger partial charge in [0.25, 0.3) is 5.91 Å². The van der Waals surface area contributed by atoms with E-state index in [1.165, 1.54) is 18.3 Å². The van der Waals surface area contributed by atoms with Crippen LogP contribution in [0, 0.1) is 0 Å². The first-order valence-electron chi connectivity index (χ1n) is 10.4. The van der Waals surface area contributed by atoms with Gasteiger partial charge in [0.1, 0.15) is 5.82 Å². The Morgan fingerprint density at radius 2 is 1.94 bits per heavy atom. The molecule has 168 valence electrons. The molecule has 0 aliphatic carbocycles. The van der Waals surface area contributed by atoms with Crippen molar-refractivity contribution in [2.24, 2.45) is 5.73 Å². The van der Waals surface area contributed by atoms with Gasteiger partial charge >= 0.3 is 12.0 Å². The number of aromatic nitrogens is 2. The highest BCUT2D eigenvalue weighted by Crippen LogP contribution is 2.26. The zero-order valence-electron chi connectivity index (χ0n) is 17.7. The highest BCUT2D eigenvalue weighted by atomic mass is 16.4. The summed E-state index contributed by atoms with van der Waals surface area (Å²) in [5.74, 6) is -0.990. The number of rotatable bonds is 6. The summed E-state index contributed by atoms with van der Waals surface area (Å²) >= 11 is 0. The van der Waals surface area contributed by atoms with Gasteiger partial charge in [0.2, 0.25) is 0 Å². The molecule has 0 saturated carbocycles. The van der Waals surface area contributed by atoms with Crippen molar-refractivity contribution in [1.82, 2.24) is 19.8 Å². The number of hydrogen-bond acceptors (Lipinski definition) is 7. The highest BCUT2D eigenvalue weighted by Gasteiger charge is 2.34. The zero-order valence-corrected chi connectivity index (χ0v) is 17.7. The van der Waals surface area contributed by atoms with Crippen LogP contribution in [-0.4, -0.2) is 82.1 Å². The number of carbonyl (C=O) groups is 3. The Hall–Kier alpha value is -3.89. The number of carbonyl (C=O) groups excluding carboxylic acids is 2. The second-order valence-corrected chi connectivity index (χ2v) is 7.94. The molecule has 1 atom stereocenters. The fourth-order valence-corrected chi connectivity index (χ4v) is 4.06. The molecule has 2 aliphatic heterocycles. The molecule has 11 nitrogen and oxygen atoms in total. The van der Waals surface area contributed by atoms with E-state index < -0.39 is 11.9 Å². The molecule has 4 rings (SSSR count). The minimum absolute atomic E-state index is 0.0130. The number of nitrogens with zero attached hydrogens (tertiary/aromatic N) is 5. The number of carboxylic acids is 1. The number of carboxylic acid groups (broad SMARTS) is 1. The summed E-state index contributed by atoms with van der Waals surface area (Å²) < 4.78 is 0. The maximum absolute atomic E-state index is 12.4. The Kier molecular flexibility index (Phi) is 5.80. The summed E-state index contributed by atoms with van der Waals surface area (Å²) in [6, 6.07) is 6.18. The monoisotopic (exact) mass is 439 g/mol. The van der Waals surface area contributed by atoms with Crippen LogP contribution in [0.2, 0.25) is 0 Å². The van der Waals surface area contributed by atoms with Gasteiger partial charge in [-0.05, 0) is 37.1 Å². The van der Waals surface area contributed by atoms with E-state index in [9.17, 15) is 14.4 Å². The lowest BCUT2D eigenvalue weighted by Crippen LogP contribution is -2.49. The minimum atomic E-state index is -1.03. The fraction of sp³-hybridized carbons (Fsp3) is 0.381. The molecule has 0 unspecified atom stereocenters. The Balaban J connectivity index is 1.56. The largest absolute Gasteiger partial charge is 0.478 e. The maximum atomic E-state index is 12.4. The first kappa shape index (κ1) is 21.3. The molecule has 4 N–H and O–H groups in total. The SMILES string of the molecule is CN1CCN([C@H]2CCCN(c3cnc(C(N)=O)c(Nc4ccc(C(=O)O)cc4)n3)C2)C1=O. The molecule has 32 heavy (non-hydrogen) atoms. The van der Waals surface area contributed by atoms with Crippen LogP contribution in [0.4, 0.5) is 22.1 Å². The third-order valence-corrected chi connectivity index (χ3v) is 5.80. The normalized spacial score (nSPS) is 18.7. The number of piperidine rings is 1. The lowest BCUT2D eigenvalue weighted by molar-refractivity contribution is 0.0696. The van der Waals surface area contributed by atoms with Crippen LogP contribution in [-0.2, 0) is 0 Å². The average molecular weight is 439 g/mol. The van der Waals surface area contributed by atoms with Gasteiger partial charge in [-0.2, -0.15) is 0 Å². The molecule has 0 spiro atoms. The standard InChI is InChI=1S/C21H25N7O4/c1-26-9-10-28(21(26)32)15-3-2-8-27(12-15)16-11-23-17(18(22)29)19(25-16)24-14-6-4-13(5-7-14)20(30)31/h4-7,11,15H,2-3,8-10,12H2,1H3,(H2,22,29)(H,24,25)(H,30,31)/t15-/m0/s1. The van der Waals surface area contributed by atoms with E-state index in [1.807, 2.05) is 4.90 Å². The average Bonchev–Trinajstić information content (AvgIpc) is 3.12. The van der Waals surface area contributed by atoms with E-state index in [0.29, 0.717) is 24.6 Å². The first-order chi connectivity index (χ1) is 15.3. The van der Waals surface area contributed by atoms with Gasteiger partial charge in [-0.15, -0.1) is 0 Å². The Morgan fingerprint density at radius 3 is 2.56 bits per heavy atom. The summed E-state index contributed by atoms with van der Waals surface area (Å²) in [6.07, 6.45) is 3.33. The van der Waals surface area contributed by atoms with Crippen molar-refractivity contribution in [3.63, 3.8) is 0 Å². The summed E-state index contributed by atoms with van der Waals surface area (Å²) in [5.41, 5.74) is 6.15. The van der Waals surface area contributed by atoms with Gasteiger partial charge in [-0.3, -0.25) is 4.79 Å². The summed E-state index contributed by atoms with van der Waals surface area (Å²) in [4.78, 5) is 49.8. The van der Waals surface area contributed by atoms with Crippen LogP contribution in [0.5, 0.6) is 0 Å². The maximum Gasteiger partial charge on any atom is 0.335 e. The summed E-state index contributed by atoms with van der Waals surface area (Å²) in [7, 11) is 1.80. The number of likely N-dealkylation sites (N-methyl/N-ethyl adjacent to an activating group) is 1. The van der Waals surface area contributed by atoms with E-state index in [-0.39, 0.29) is 29.1 Å². The highest BCUT2D eigenvalue weighted by molar-refractivity contribution is 5.96. The predicted octanol–water partition coefficient (Wildman–Crippen LogP) is 1.35. The molecular weight excluding hydrogens is 414 g/mol. The van der Waals surface area contributed by atoms with Crippen molar-refractivity contribution in [3.8, 4) is 0 Å². The van der Waals surface area contributed by atoms with E-state index in [1.54, 1.807) is 24.1 Å². The van der Waals surface area contributed by atoms with Crippen molar-refractivity contribution in [3.05, 3.63) is 41.7 Å². The number of nitrogens with one attached hydrogen (secondary N) is 1. The molecule has 2 aromatic rings. The number of nitrogens with two attached hydrogens (primary N) is 1. The van der Waals surface area contributed by atoms with Crippen molar-refractivity contribution in [2.45, 2.75) is 18.9 Å². The van der Waals surface area contributed by atoms with Crippen LogP contribution in [0.1, 0.15) is 33.7 Å². The van der Waals surface area contributed by atoms with Gasteiger partial charge in [0, 0.05) is 38.9 Å². The number of hydrogen-bond donors (Lipinski definition) is 3. The third-order valence-electron chi connectivity index (χ3n) is 5.80. The number of aromatic carboxylic acids is 1. The lowest BCUT2D eigenvalue weighted by Gasteiger charge is -2.37. The number of urea groups is 1. The van der Waals surface area contributed by atoms with Crippen LogP contribution >= 0.6 is 0 Å². The first-order valence-corrected chi connectivity index (χ1v) is 10.4. The smallest absolute Gasteiger partial charge is 0.335 e. The van der Waals surface area contributed by atoms with Crippen LogP contribution in [0.15, 0.2) is 30.5 Å². The van der Waals surface area contributed by atoms with Crippen molar-refractivity contribution in [1.29, 1.82) is 0 Å². The molecule has 2 saturated heterocycles. The Morgan fingerprint density at radius 1 is 1.19 bits per heavy atom. The quantitative estimate of drug-likeness (QED) is 0.612. The third kappa shape index (κ3) is 4.27. The summed E-state index contributed by atoms with van der Waals surface area (Å²) in [6.45, 7) is 2.80. The van der Waals surface area contributed by atoms with Gasteiger partial charge in [-0.1, -0.05) is 0 Å². The van der Waals surface area contributed by atoms with Gasteiger partial charge in [0.15, 0.2) is 11.5 Å². The topological polar surface area (TPSA) is 145 Å². The Bertz CT molecular complexity index is 1040. The minimum Gasteiger partial charge on any atom is -0.478 e. The van der Waals surface area contributed by atoms with Gasteiger partial charge < -0.3 is 30.9 Å². The van der Waals surface area contributed by atoms with Gasteiger partial charge in [-0.25, -0.2) is 19.6 Å². The number of anilines is 3.